The Hall–Kier alpha value is -1.87. The van der Waals surface area contributed by atoms with Gasteiger partial charge < -0.3 is 5.32 Å². The molecule has 0 fully saturated rings. The van der Waals surface area contributed by atoms with Crippen molar-refractivity contribution in [3.8, 4) is 0 Å². The number of thiophene rings is 1. The van der Waals surface area contributed by atoms with Gasteiger partial charge >= 0.3 is 0 Å². The number of hydrogen-bond acceptors (Lipinski definition) is 2. The quantitative estimate of drug-likeness (QED) is 0.838. The lowest BCUT2D eigenvalue weighted by molar-refractivity contribution is -0.117. The molecule has 19 heavy (non-hydrogen) atoms. The summed E-state index contributed by atoms with van der Waals surface area (Å²) in [6, 6.07) is 12.1. The fraction of sp³-hybridized carbons (Fsp3) is 0.188. The SMILES string of the molecule is Cc1cccc(C(C)NC(=O)/C=C/c2cccs2)c1. The van der Waals surface area contributed by atoms with E-state index in [-0.39, 0.29) is 11.9 Å². The van der Waals surface area contributed by atoms with Crippen molar-refractivity contribution in [3.63, 3.8) is 0 Å². The fourth-order valence-electron chi connectivity index (χ4n) is 1.83. The minimum Gasteiger partial charge on any atom is -0.346 e. The van der Waals surface area contributed by atoms with Gasteiger partial charge in [-0.15, -0.1) is 11.3 Å². The molecule has 0 aliphatic rings. The second-order valence-corrected chi connectivity index (χ2v) is 5.47. The van der Waals surface area contributed by atoms with Crippen molar-refractivity contribution in [3.05, 3.63) is 63.9 Å². The van der Waals surface area contributed by atoms with E-state index in [1.807, 2.05) is 42.6 Å². The Kier molecular flexibility index (Phi) is 4.53. The molecule has 0 aliphatic carbocycles. The monoisotopic (exact) mass is 271 g/mol. The third-order valence-electron chi connectivity index (χ3n) is 2.84. The maximum Gasteiger partial charge on any atom is 0.244 e. The van der Waals surface area contributed by atoms with Gasteiger partial charge in [0.05, 0.1) is 6.04 Å². The number of carbonyl (C=O) groups is 1. The van der Waals surface area contributed by atoms with Crippen LogP contribution in [-0.4, -0.2) is 5.91 Å². The fourth-order valence-corrected chi connectivity index (χ4v) is 2.45. The highest BCUT2D eigenvalue weighted by atomic mass is 32.1. The molecule has 1 aromatic heterocycles. The molecule has 1 amide bonds. The van der Waals surface area contributed by atoms with Crippen LogP contribution in [0.3, 0.4) is 0 Å². The van der Waals surface area contributed by atoms with Crippen LogP contribution in [0.5, 0.6) is 0 Å². The molecule has 0 radical (unpaired) electrons. The van der Waals surface area contributed by atoms with E-state index < -0.39 is 0 Å². The van der Waals surface area contributed by atoms with E-state index in [2.05, 4.69) is 24.4 Å². The first-order valence-electron chi connectivity index (χ1n) is 6.24. The van der Waals surface area contributed by atoms with Crippen LogP contribution >= 0.6 is 11.3 Å². The summed E-state index contributed by atoms with van der Waals surface area (Å²) in [5.74, 6) is -0.0672. The third kappa shape index (κ3) is 4.07. The molecule has 2 rings (SSSR count). The highest BCUT2D eigenvalue weighted by Gasteiger charge is 2.07. The molecule has 0 bridgehead atoms. The molecule has 0 saturated heterocycles. The molecule has 1 heterocycles. The van der Waals surface area contributed by atoms with E-state index in [0.717, 1.165) is 10.4 Å². The largest absolute Gasteiger partial charge is 0.346 e. The van der Waals surface area contributed by atoms with Gasteiger partial charge in [-0.3, -0.25) is 4.79 Å². The number of amides is 1. The molecule has 1 N–H and O–H groups in total. The Labute approximate surface area is 117 Å². The number of rotatable bonds is 4. The standard InChI is InChI=1S/C16H17NOS/c1-12-5-3-6-14(11-12)13(2)17-16(18)9-8-15-7-4-10-19-15/h3-11,13H,1-2H3,(H,17,18)/b9-8+. The summed E-state index contributed by atoms with van der Waals surface area (Å²) in [5.41, 5.74) is 2.32. The molecule has 1 atom stereocenters. The zero-order valence-electron chi connectivity index (χ0n) is 11.1. The topological polar surface area (TPSA) is 29.1 Å². The summed E-state index contributed by atoms with van der Waals surface area (Å²) in [6.07, 6.45) is 3.42. The summed E-state index contributed by atoms with van der Waals surface area (Å²) in [6.45, 7) is 4.04. The summed E-state index contributed by atoms with van der Waals surface area (Å²) in [4.78, 5) is 12.9. The van der Waals surface area contributed by atoms with Crippen LogP contribution in [0.2, 0.25) is 0 Å². The Bertz CT molecular complexity index is 572. The summed E-state index contributed by atoms with van der Waals surface area (Å²) in [5, 5.41) is 4.96. The van der Waals surface area contributed by atoms with E-state index in [1.54, 1.807) is 17.4 Å². The first-order valence-corrected chi connectivity index (χ1v) is 7.12. The lowest BCUT2D eigenvalue weighted by atomic mass is 10.1. The van der Waals surface area contributed by atoms with E-state index in [4.69, 9.17) is 0 Å². The number of hydrogen-bond donors (Lipinski definition) is 1. The normalized spacial score (nSPS) is 12.5. The predicted molar refractivity (Wildman–Crippen MR) is 81.1 cm³/mol. The van der Waals surface area contributed by atoms with Gasteiger partial charge in [-0.2, -0.15) is 0 Å². The smallest absolute Gasteiger partial charge is 0.244 e. The van der Waals surface area contributed by atoms with E-state index in [0.29, 0.717) is 0 Å². The van der Waals surface area contributed by atoms with Gasteiger partial charge in [0, 0.05) is 11.0 Å². The van der Waals surface area contributed by atoms with Crippen molar-refractivity contribution in [2.45, 2.75) is 19.9 Å². The van der Waals surface area contributed by atoms with Crippen molar-refractivity contribution in [2.75, 3.05) is 0 Å². The van der Waals surface area contributed by atoms with Gasteiger partial charge in [-0.25, -0.2) is 0 Å². The van der Waals surface area contributed by atoms with Crippen LogP contribution < -0.4 is 5.32 Å². The molecule has 3 heteroatoms. The molecule has 98 valence electrons. The van der Waals surface area contributed by atoms with Gasteiger partial charge in [-0.05, 0) is 36.9 Å². The predicted octanol–water partition coefficient (Wildman–Crippen LogP) is 3.95. The lowest BCUT2D eigenvalue weighted by Gasteiger charge is -2.13. The maximum atomic E-state index is 11.8. The van der Waals surface area contributed by atoms with E-state index in [9.17, 15) is 4.79 Å². The Morgan fingerprint density at radius 3 is 2.84 bits per heavy atom. The Balaban J connectivity index is 1.95. The van der Waals surface area contributed by atoms with Gasteiger partial charge in [0.2, 0.25) is 5.91 Å². The lowest BCUT2D eigenvalue weighted by Crippen LogP contribution is -2.24. The zero-order chi connectivity index (χ0) is 13.7. The molecule has 0 saturated carbocycles. The van der Waals surface area contributed by atoms with Crippen LogP contribution in [0, 0.1) is 6.92 Å². The van der Waals surface area contributed by atoms with Gasteiger partial charge in [-0.1, -0.05) is 35.9 Å². The van der Waals surface area contributed by atoms with Gasteiger partial charge in [0.25, 0.3) is 0 Å². The minimum absolute atomic E-state index is 0.0142. The number of aryl methyl sites for hydroxylation is 1. The Morgan fingerprint density at radius 2 is 2.16 bits per heavy atom. The van der Waals surface area contributed by atoms with Crippen LogP contribution in [0.4, 0.5) is 0 Å². The summed E-state index contributed by atoms with van der Waals surface area (Å²) in [7, 11) is 0. The molecule has 1 unspecified atom stereocenters. The summed E-state index contributed by atoms with van der Waals surface area (Å²) < 4.78 is 0. The maximum absolute atomic E-state index is 11.8. The van der Waals surface area contributed by atoms with Crippen molar-refractivity contribution in [2.24, 2.45) is 0 Å². The molecule has 0 aliphatic heterocycles. The molecule has 2 nitrogen and oxygen atoms in total. The van der Waals surface area contributed by atoms with Crippen molar-refractivity contribution in [1.29, 1.82) is 0 Å². The van der Waals surface area contributed by atoms with E-state index in [1.165, 1.54) is 5.56 Å². The average molecular weight is 271 g/mol. The van der Waals surface area contributed by atoms with Crippen molar-refractivity contribution in [1.82, 2.24) is 5.32 Å². The van der Waals surface area contributed by atoms with Crippen LogP contribution in [0.15, 0.2) is 47.9 Å². The third-order valence-corrected chi connectivity index (χ3v) is 3.68. The molecule has 0 spiro atoms. The highest BCUT2D eigenvalue weighted by Crippen LogP contribution is 2.14. The zero-order valence-corrected chi connectivity index (χ0v) is 11.9. The van der Waals surface area contributed by atoms with E-state index >= 15 is 0 Å². The van der Waals surface area contributed by atoms with Gasteiger partial charge in [0.15, 0.2) is 0 Å². The molecule has 2 aromatic rings. The number of benzene rings is 1. The first-order chi connectivity index (χ1) is 9.15. The van der Waals surface area contributed by atoms with Crippen molar-refractivity contribution >= 4 is 23.3 Å². The van der Waals surface area contributed by atoms with Crippen LogP contribution in [0.25, 0.3) is 6.08 Å². The average Bonchev–Trinajstić information content (AvgIpc) is 2.89. The minimum atomic E-state index is -0.0672. The molecule has 1 aromatic carbocycles. The second-order valence-electron chi connectivity index (χ2n) is 4.49. The molecular weight excluding hydrogens is 254 g/mol. The first kappa shape index (κ1) is 13.6. The Morgan fingerprint density at radius 1 is 1.32 bits per heavy atom. The van der Waals surface area contributed by atoms with Crippen molar-refractivity contribution < 1.29 is 4.79 Å². The highest BCUT2D eigenvalue weighted by molar-refractivity contribution is 7.10. The number of nitrogens with one attached hydrogen (secondary N) is 1. The van der Waals surface area contributed by atoms with Gasteiger partial charge in [0.1, 0.15) is 0 Å². The van der Waals surface area contributed by atoms with Crippen LogP contribution in [0.1, 0.15) is 29.0 Å². The molecular formula is C16H17NOS. The number of carbonyl (C=O) groups excluding carboxylic acids is 1. The summed E-state index contributed by atoms with van der Waals surface area (Å²) >= 11 is 1.62. The van der Waals surface area contributed by atoms with Crippen LogP contribution in [-0.2, 0) is 4.79 Å². The second kappa shape index (κ2) is 6.34.